The molecule has 0 aromatic rings. The van der Waals surface area contributed by atoms with Gasteiger partial charge in [-0.2, -0.15) is 0 Å². The molecule has 0 bridgehead atoms. The smallest absolute Gasteiger partial charge is 0.550 e. The van der Waals surface area contributed by atoms with Crippen molar-refractivity contribution in [3.63, 3.8) is 0 Å². The van der Waals surface area contributed by atoms with Gasteiger partial charge in [0.15, 0.2) is 0 Å². The molecular formula is C8H17CuNO4. The van der Waals surface area contributed by atoms with Crippen LogP contribution in [0.4, 0.5) is 0 Å². The standard InChI is InChI=1S/C4H11N.2C2H4O2.Cu/c1-3-5-4-2;2*1-2(3)4;/h5H,3-4H2,1-2H3;2*1H3,(H,3,4);/q;;;+2/p-2. The minimum absolute atomic E-state index is 0. The maximum absolute atomic E-state index is 8.89. The quantitative estimate of drug-likeness (QED) is 0.583. The molecular weight excluding hydrogens is 238 g/mol. The average Bonchev–Trinajstić information content (AvgIpc) is 1.86. The first-order valence-corrected chi connectivity index (χ1v) is 3.94. The van der Waals surface area contributed by atoms with Crippen molar-refractivity contribution in [3.05, 3.63) is 0 Å². The zero-order valence-electron chi connectivity index (χ0n) is 8.85. The molecule has 0 aromatic carbocycles. The van der Waals surface area contributed by atoms with E-state index < -0.39 is 11.9 Å². The molecule has 0 saturated carbocycles. The fraction of sp³-hybridized carbons (Fsp3) is 0.750. The Balaban J connectivity index is -0.0000000522. The average molecular weight is 255 g/mol. The van der Waals surface area contributed by atoms with Gasteiger partial charge in [0.1, 0.15) is 0 Å². The van der Waals surface area contributed by atoms with Crippen molar-refractivity contribution in [2.75, 3.05) is 13.1 Å². The normalized spacial score (nSPS) is 6.57. The molecule has 0 heterocycles. The van der Waals surface area contributed by atoms with Crippen LogP contribution < -0.4 is 15.5 Å². The first kappa shape index (κ1) is 23.3. The SMILES string of the molecule is CC(=O)[O-].CC(=O)[O-].CCNCC.[Cu+2]. The molecule has 0 fully saturated rings. The zero-order valence-corrected chi connectivity index (χ0v) is 9.79. The van der Waals surface area contributed by atoms with Crippen LogP contribution in [0.2, 0.25) is 0 Å². The second-order valence-corrected chi connectivity index (χ2v) is 1.94. The Kier molecular flexibility index (Phi) is 38.1. The Morgan fingerprint density at radius 1 is 1.00 bits per heavy atom. The Morgan fingerprint density at radius 3 is 1.14 bits per heavy atom. The first-order valence-electron chi connectivity index (χ1n) is 3.94. The summed E-state index contributed by atoms with van der Waals surface area (Å²) in [6, 6.07) is 0. The third-order valence-electron chi connectivity index (χ3n) is 0.500. The maximum atomic E-state index is 8.89. The van der Waals surface area contributed by atoms with Crippen molar-refractivity contribution in [2.24, 2.45) is 0 Å². The molecule has 89 valence electrons. The van der Waals surface area contributed by atoms with Crippen molar-refractivity contribution in [2.45, 2.75) is 27.7 Å². The number of nitrogens with one attached hydrogen (secondary N) is 1. The summed E-state index contributed by atoms with van der Waals surface area (Å²) in [5.41, 5.74) is 0. The summed E-state index contributed by atoms with van der Waals surface area (Å²) in [5.74, 6) is -2.17. The van der Waals surface area contributed by atoms with Gasteiger partial charge in [0, 0.05) is 11.9 Å². The van der Waals surface area contributed by atoms with Crippen molar-refractivity contribution in [1.29, 1.82) is 0 Å². The van der Waals surface area contributed by atoms with Gasteiger partial charge in [-0.15, -0.1) is 0 Å². The number of carboxylic acid groups (broad SMARTS) is 2. The largest absolute Gasteiger partial charge is 2.00 e. The fourth-order valence-corrected chi connectivity index (χ4v) is 0.250. The van der Waals surface area contributed by atoms with Gasteiger partial charge < -0.3 is 25.1 Å². The zero-order chi connectivity index (χ0) is 11.3. The molecule has 0 rings (SSSR count). The van der Waals surface area contributed by atoms with Gasteiger partial charge in [-0.1, -0.05) is 13.8 Å². The van der Waals surface area contributed by atoms with E-state index in [1.807, 2.05) is 0 Å². The van der Waals surface area contributed by atoms with Crippen molar-refractivity contribution < 1.29 is 36.9 Å². The van der Waals surface area contributed by atoms with Gasteiger partial charge in [0.05, 0.1) is 0 Å². The van der Waals surface area contributed by atoms with Crippen molar-refractivity contribution in [3.8, 4) is 0 Å². The predicted octanol–water partition coefficient (Wildman–Crippen LogP) is -1.87. The molecule has 0 spiro atoms. The minimum atomic E-state index is -1.08. The summed E-state index contributed by atoms with van der Waals surface area (Å²) in [6.07, 6.45) is 0. The van der Waals surface area contributed by atoms with E-state index in [0.29, 0.717) is 0 Å². The van der Waals surface area contributed by atoms with Gasteiger partial charge in [0.25, 0.3) is 0 Å². The van der Waals surface area contributed by atoms with Gasteiger partial charge >= 0.3 is 17.1 Å². The number of hydrogen-bond donors (Lipinski definition) is 1. The van der Waals surface area contributed by atoms with Gasteiger partial charge in [-0.3, -0.25) is 0 Å². The summed E-state index contributed by atoms with van der Waals surface area (Å²) in [7, 11) is 0. The van der Waals surface area contributed by atoms with E-state index in [1.54, 1.807) is 0 Å². The molecule has 0 amide bonds. The summed E-state index contributed by atoms with van der Waals surface area (Å²) < 4.78 is 0. The van der Waals surface area contributed by atoms with E-state index in [-0.39, 0.29) is 17.1 Å². The predicted molar refractivity (Wildman–Crippen MR) is 45.6 cm³/mol. The molecule has 0 aliphatic carbocycles. The molecule has 1 N–H and O–H groups in total. The second-order valence-electron chi connectivity index (χ2n) is 1.94. The molecule has 14 heavy (non-hydrogen) atoms. The van der Waals surface area contributed by atoms with E-state index in [4.69, 9.17) is 19.8 Å². The molecule has 0 aliphatic heterocycles. The van der Waals surface area contributed by atoms with E-state index in [2.05, 4.69) is 19.2 Å². The second kappa shape index (κ2) is 22.8. The number of rotatable bonds is 2. The molecule has 5 nitrogen and oxygen atoms in total. The monoisotopic (exact) mass is 254 g/mol. The molecule has 0 aromatic heterocycles. The van der Waals surface area contributed by atoms with Crippen LogP contribution in [0, 0.1) is 0 Å². The van der Waals surface area contributed by atoms with Crippen LogP contribution in [-0.4, -0.2) is 25.0 Å². The van der Waals surface area contributed by atoms with Gasteiger partial charge in [-0.05, 0) is 26.9 Å². The topological polar surface area (TPSA) is 92.3 Å². The van der Waals surface area contributed by atoms with E-state index in [0.717, 1.165) is 26.9 Å². The van der Waals surface area contributed by atoms with Crippen LogP contribution in [0.1, 0.15) is 27.7 Å². The third-order valence-corrected chi connectivity index (χ3v) is 0.500. The van der Waals surface area contributed by atoms with Crippen LogP contribution >= 0.6 is 0 Å². The van der Waals surface area contributed by atoms with Crippen LogP contribution in [0.5, 0.6) is 0 Å². The summed E-state index contributed by atoms with van der Waals surface area (Å²) in [6.45, 7) is 8.33. The fourth-order valence-electron chi connectivity index (χ4n) is 0.250. The summed E-state index contributed by atoms with van der Waals surface area (Å²) >= 11 is 0. The number of aliphatic carboxylic acids is 2. The molecule has 0 atom stereocenters. The molecule has 0 aliphatic rings. The van der Waals surface area contributed by atoms with Crippen LogP contribution in [0.25, 0.3) is 0 Å². The summed E-state index contributed by atoms with van der Waals surface area (Å²) in [5, 5.41) is 20.9. The Hall–Kier alpha value is -0.581. The molecule has 1 radical (unpaired) electrons. The maximum Gasteiger partial charge on any atom is 2.00 e. The van der Waals surface area contributed by atoms with Crippen LogP contribution in [0.15, 0.2) is 0 Å². The number of carbonyl (C=O) groups is 2. The molecule has 0 unspecified atom stereocenters. The minimum Gasteiger partial charge on any atom is -0.550 e. The number of hydrogen-bond acceptors (Lipinski definition) is 5. The summed E-state index contributed by atoms with van der Waals surface area (Å²) in [4.78, 5) is 17.8. The molecule has 6 heteroatoms. The van der Waals surface area contributed by atoms with Crippen molar-refractivity contribution in [1.82, 2.24) is 5.32 Å². The van der Waals surface area contributed by atoms with E-state index in [1.165, 1.54) is 0 Å². The van der Waals surface area contributed by atoms with Crippen LogP contribution in [0.3, 0.4) is 0 Å². The number of carbonyl (C=O) groups excluding carboxylic acids is 2. The number of carboxylic acids is 2. The third kappa shape index (κ3) is 615. The van der Waals surface area contributed by atoms with Gasteiger partial charge in [-0.25, -0.2) is 0 Å². The van der Waals surface area contributed by atoms with E-state index in [9.17, 15) is 0 Å². The van der Waals surface area contributed by atoms with Gasteiger partial charge in [0.2, 0.25) is 0 Å². The molecule has 0 saturated heterocycles. The Labute approximate surface area is 95.4 Å². The van der Waals surface area contributed by atoms with Crippen molar-refractivity contribution >= 4 is 11.9 Å². The Bertz CT molecular complexity index is 109. The van der Waals surface area contributed by atoms with Crippen LogP contribution in [-0.2, 0) is 26.7 Å². The Morgan fingerprint density at radius 2 is 1.14 bits per heavy atom. The van der Waals surface area contributed by atoms with E-state index >= 15 is 0 Å². The first-order chi connectivity index (χ1) is 5.88.